The first-order valence-corrected chi connectivity index (χ1v) is 6.58. The minimum atomic E-state index is 0.592. The molecule has 0 atom stereocenters. The predicted octanol–water partition coefficient (Wildman–Crippen LogP) is 1.61. The number of likely N-dealkylation sites (N-methyl/N-ethyl adjacent to an activating group) is 1. The van der Waals surface area contributed by atoms with Gasteiger partial charge in [0.2, 0.25) is 0 Å². The number of thiophene rings is 1. The van der Waals surface area contributed by atoms with Crippen LogP contribution in [-0.2, 0) is 0 Å². The van der Waals surface area contributed by atoms with Gasteiger partial charge in [-0.25, -0.2) is 9.97 Å². The lowest BCUT2D eigenvalue weighted by Crippen LogP contribution is -2.57. The third-order valence-corrected chi connectivity index (χ3v) is 3.77. The van der Waals surface area contributed by atoms with Crippen LogP contribution in [0.2, 0.25) is 0 Å². The molecule has 0 aromatic carbocycles. The zero-order chi connectivity index (χ0) is 11.7. The van der Waals surface area contributed by atoms with Gasteiger partial charge < -0.3 is 10.2 Å². The standard InChI is InChI=1S/C12H14N4S/c1-13-10-5-16(6-10)12-4-11(14-8-15-12)9-2-3-17-7-9/h2-4,7-8,10,13H,5-6H2,1H3. The monoisotopic (exact) mass is 246 g/mol. The van der Waals surface area contributed by atoms with Gasteiger partial charge in [-0.05, 0) is 18.5 Å². The van der Waals surface area contributed by atoms with E-state index in [1.807, 2.05) is 7.05 Å². The fourth-order valence-electron chi connectivity index (χ4n) is 1.94. The molecule has 0 amide bonds. The normalized spacial score (nSPS) is 15.9. The van der Waals surface area contributed by atoms with Gasteiger partial charge in [0, 0.05) is 36.1 Å². The fourth-order valence-corrected chi connectivity index (χ4v) is 2.59. The Labute approximate surface area is 104 Å². The van der Waals surface area contributed by atoms with Crippen LogP contribution >= 0.6 is 11.3 Å². The first kappa shape index (κ1) is 10.7. The van der Waals surface area contributed by atoms with Crippen molar-refractivity contribution in [3.63, 3.8) is 0 Å². The van der Waals surface area contributed by atoms with Crippen molar-refractivity contribution >= 4 is 17.2 Å². The van der Waals surface area contributed by atoms with Gasteiger partial charge in [-0.3, -0.25) is 0 Å². The summed E-state index contributed by atoms with van der Waals surface area (Å²) in [4.78, 5) is 10.9. The molecule has 1 fully saturated rings. The van der Waals surface area contributed by atoms with E-state index < -0.39 is 0 Å². The van der Waals surface area contributed by atoms with E-state index in [-0.39, 0.29) is 0 Å². The lowest BCUT2D eigenvalue weighted by molar-refractivity contribution is 0.447. The molecule has 1 aliphatic rings. The van der Waals surface area contributed by atoms with Gasteiger partial charge in [-0.1, -0.05) is 0 Å². The third-order valence-electron chi connectivity index (χ3n) is 3.08. The van der Waals surface area contributed by atoms with E-state index in [4.69, 9.17) is 0 Å². The molecule has 3 heterocycles. The maximum Gasteiger partial charge on any atom is 0.132 e. The van der Waals surface area contributed by atoms with Crippen LogP contribution in [0.15, 0.2) is 29.2 Å². The number of aromatic nitrogens is 2. The number of hydrogen-bond acceptors (Lipinski definition) is 5. The molecule has 0 unspecified atom stereocenters. The van der Waals surface area contributed by atoms with Crippen molar-refractivity contribution in [1.29, 1.82) is 0 Å². The molecular weight excluding hydrogens is 232 g/mol. The van der Waals surface area contributed by atoms with Gasteiger partial charge in [-0.2, -0.15) is 11.3 Å². The Hall–Kier alpha value is -1.46. The SMILES string of the molecule is CNC1CN(c2cc(-c3ccsc3)ncn2)C1. The second-order valence-corrected chi connectivity index (χ2v) is 4.94. The minimum absolute atomic E-state index is 0.592. The van der Waals surface area contributed by atoms with E-state index in [2.05, 4.69) is 43.1 Å². The van der Waals surface area contributed by atoms with Crippen LogP contribution < -0.4 is 10.2 Å². The highest BCUT2D eigenvalue weighted by Crippen LogP contribution is 2.24. The fraction of sp³-hybridized carbons (Fsp3) is 0.333. The molecule has 0 saturated carbocycles. The molecule has 88 valence electrons. The number of rotatable bonds is 3. The Morgan fingerprint density at radius 2 is 2.29 bits per heavy atom. The van der Waals surface area contributed by atoms with Crippen LogP contribution in [0.4, 0.5) is 5.82 Å². The zero-order valence-corrected chi connectivity index (χ0v) is 10.4. The third kappa shape index (κ3) is 2.03. The first-order chi connectivity index (χ1) is 8.36. The van der Waals surface area contributed by atoms with Crippen LogP contribution in [0, 0.1) is 0 Å². The summed E-state index contributed by atoms with van der Waals surface area (Å²) in [5.74, 6) is 1.02. The average Bonchev–Trinajstić information content (AvgIpc) is 2.81. The van der Waals surface area contributed by atoms with Gasteiger partial charge in [0.25, 0.3) is 0 Å². The number of nitrogens with zero attached hydrogens (tertiary/aromatic N) is 3. The molecule has 4 nitrogen and oxygen atoms in total. The van der Waals surface area contributed by atoms with E-state index in [1.54, 1.807) is 17.7 Å². The Kier molecular flexibility index (Phi) is 2.78. The van der Waals surface area contributed by atoms with E-state index in [0.29, 0.717) is 6.04 Å². The highest BCUT2D eigenvalue weighted by atomic mass is 32.1. The Morgan fingerprint density at radius 3 is 3.00 bits per heavy atom. The molecule has 1 saturated heterocycles. The molecule has 1 aliphatic heterocycles. The summed E-state index contributed by atoms with van der Waals surface area (Å²) in [6, 6.07) is 4.74. The van der Waals surface area contributed by atoms with Crippen molar-refractivity contribution in [2.45, 2.75) is 6.04 Å². The van der Waals surface area contributed by atoms with Crippen molar-refractivity contribution in [1.82, 2.24) is 15.3 Å². The zero-order valence-electron chi connectivity index (χ0n) is 9.63. The van der Waals surface area contributed by atoms with Gasteiger partial charge in [-0.15, -0.1) is 0 Å². The Bertz CT molecular complexity index is 491. The smallest absolute Gasteiger partial charge is 0.132 e. The molecule has 5 heteroatoms. The summed E-state index contributed by atoms with van der Waals surface area (Å²) >= 11 is 1.69. The van der Waals surface area contributed by atoms with Crippen LogP contribution in [0.25, 0.3) is 11.3 Å². The molecule has 17 heavy (non-hydrogen) atoms. The maximum atomic E-state index is 4.33. The highest BCUT2D eigenvalue weighted by molar-refractivity contribution is 7.08. The van der Waals surface area contributed by atoms with E-state index >= 15 is 0 Å². The molecule has 0 aliphatic carbocycles. The number of hydrogen-bond donors (Lipinski definition) is 1. The summed E-state index contributed by atoms with van der Waals surface area (Å²) < 4.78 is 0. The molecule has 0 bridgehead atoms. The Morgan fingerprint density at radius 1 is 1.41 bits per heavy atom. The van der Waals surface area contributed by atoms with Crippen LogP contribution in [0.5, 0.6) is 0 Å². The summed E-state index contributed by atoms with van der Waals surface area (Å²) in [5, 5.41) is 7.44. The van der Waals surface area contributed by atoms with Crippen molar-refractivity contribution in [2.75, 3.05) is 25.0 Å². The van der Waals surface area contributed by atoms with Gasteiger partial charge >= 0.3 is 0 Å². The predicted molar refractivity (Wildman–Crippen MR) is 70.4 cm³/mol. The quantitative estimate of drug-likeness (QED) is 0.893. The van der Waals surface area contributed by atoms with Crippen molar-refractivity contribution < 1.29 is 0 Å². The minimum Gasteiger partial charge on any atom is -0.353 e. The molecule has 2 aromatic rings. The number of nitrogens with one attached hydrogen (secondary N) is 1. The maximum absolute atomic E-state index is 4.33. The number of anilines is 1. The lowest BCUT2D eigenvalue weighted by atomic mass is 10.1. The van der Waals surface area contributed by atoms with Gasteiger partial charge in [0.1, 0.15) is 12.1 Å². The highest BCUT2D eigenvalue weighted by Gasteiger charge is 2.26. The van der Waals surface area contributed by atoms with Crippen molar-refractivity contribution in [2.24, 2.45) is 0 Å². The van der Waals surface area contributed by atoms with E-state index in [1.165, 1.54) is 5.56 Å². The second kappa shape index (κ2) is 4.43. The lowest BCUT2D eigenvalue weighted by Gasteiger charge is -2.39. The van der Waals surface area contributed by atoms with Crippen molar-refractivity contribution in [3.05, 3.63) is 29.2 Å². The summed E-state index contributed by atoms with van der Waals surface area (Å²) in [5.41, 5.74) is 2.17. The van der Waals surface area contributed by atoms with Crippen LogP contribution in [-0.4, -0.2) is 36.1 Å². The molecule has 1 N–H and O–H groups in total. The average molecular weight is 246 g/mol. The van der Waals surface area contributed by atoms with Gasteiger partial charge in [0.15, 0.2) is 0 Å². The first-order valence-electron chi connectivity index (χ1n) is 5.63. The molecule has 0 spiro atoms. The topological polar surface area (TPSA) is 41.0 Å². The molecular formula is C12H14N4S. The Balaban J connectivity index is 1.81. The summed E-state index contributed by atoms with van der Waals surface area (Å²) in [6.45, 7) is 2.05. The van der Waals surface area contributed by atoms with E-state index in [9.17, 15) is 0 Å². The van der Waals surface area contributed by atoms with Gasteiger partial charge in [0.05, 0.1) is 5.69 Å². The summed E-state index contributed by atoms with van der Waals surface area (Å²) in [7, 11) is 2.00. The largest absolute Gasteiger partial charge is 0.353 e. The van der Waals surface area contributed by atoms with Crippen LogP contribution in [0.3, 0.4) is 0 Å². The second-order valence-electron chi connectivity index (χ2n) is 4.16. The molecule has 0 radical (unpaired) electrons. The molecule has 3 rings (SSSR count). The van der Waals surface area contributed by atoms with E-state index in [0.717, 1.165) is 24.6 Å². The summed E-state index contributed by atoms with van der Waals surface area (Å²) in [6.07, 6.45) is 1.65. The van der Waals surface area contributed by atoms with Crippen LogP contribution in [0.1, 0.15) is 0 Å². The van der Waals surface area contributed by atoms with Crippen molar-refractivity contribution in [3.8, 4) is 11.3 Å². The molecule has 2 aromatic heterocycles.